The van der Waals surface area contributed by atoms with Crippen LogP contribution in [0.4, 0.5) is 8.78 Å². The van der Waals surface area contributed by atoms with Gasteiger partial charge in [0.1, 0.15) is 6.10 Å². The predicted octanol–water partition coefficient (Wildman–Crippen LogP) is 1.75. The summed E-state index contributed by atoms with van der Waals surface area (Å²) in [5, 5.41) is 11.0. The number of aryl methyl sites for hydroxylation is 1. The molecule has 0 aliphatic heterocycles. The Bertz CT molecular complexity index is 433. The van der Waals surface area contributed by atoms with Crippen LogP contribution in [0.25, 0.3) is 6.08 Å². The number of rotatable bonds is 5. The summed E-state index contributed by atoms with van der Waals surface area (Å²) in [5.41, 5.74) is 1.91. The second kappa shape index (κ2) is 6.86. The van der Waals surface area contributed by atoms with E-state index in [0.29, 0.717) is 0 Å². The Morgan fingerprint density at radius 3 is 2.83 bits per heavy atom. The van der Waals surface area contributed by atoms with Gasteiger partial charge in [0.25, 0.3) is 6.43 Å². The molecule has 1 aromatic carbocycles. The summed E-state index contributed by atoms with van der Waals surface area (Å²) in [6, 6.07) is 7.49. The van der Waals surface area contributed by atoms with Crippen molar-refractivity contribution in [1.82, 2.24) is 5.32 Å². The summed E-state index contributed by atoms with van der Waals surface area (Å²) in [4.78, 5) is 11.3. The highest BCUT2D eigenvalue weighted by Gasteiger charge is 2.16. The van der Waals surface area contributed by atoms with E-state index in [-0.39, 0.29) is 0 Å². The normalized spacial score (nSPS) is 12.9. The topological polar surface area (TPSA) is 49.3 Å². The van der Waals surface area contributed by atoms with E-state index in [9.17, 15) is 13.6 Å². The van der Waals surface area contributed by atoms with Gasteiger partial charge in [-0.25, -0.2) is 8.78 Å². The highest BCUT2D eigenvalue weighted by molar-refractivity contribution is 5.91. The lowest BCUT2D eigenvalue weighted by atomic mass is 10.1. The van der Waals surface area contributed by atoms with Gasteiger partial charge in [-0.3, -0.25) is 4.79 Å². The Hall–Kier alpha value is -1.75. The molecule has 5 heteroatoms. The van der Waals surface area contributed by atoms with Crippen LogP contribution >= 0.6 is 0 Å². The Kier molecular flexibility index (Phi) is 5.45. The SMILES string of the molecule is Cc1cccc(/C=C/C(=O)NCC(O)C(F)F)c1. The lowest BCUT2D eigenvalue weighted by Crippen LogP contribution is -2.34. The molecular weight excluding hydrogens is 240 g/mol. The zero-order chi connectivity index (χ0) is 13.5. The van der Waals surface area contributed by atoms with E-state index in [1.165, 1.54) is 6.08 Å². The van der Waals surface area contributed by atoms with Gasteiger partial charge in [0, 0.05) is 12.6 Å². The Labute approximate surface area is 104 Å². The number of aliphatic hydroxyl groups excluding tert-OH is 1. The Morgan fingerprint density at radius 2 is 2.22 bits per heavy atom. The highest BCUT2D eigenvalue weighted by atomic mass is 19.3. The third-order valence-electron chi connectivity index (χ3n) is 2.25. The molecule has 18 heavy (non-hydrogen) atoms. The van der Waals surface area contributed by atoms with Crippen molar-refractivity contribution >= 4 is 12.0 Å². The van der Waals surface area contributed by atoms with Crippen LogP contribution in [0.2, 0.25) is 0 Å². The van der Waals surface area contributed by atoms with Gasteiger partial charge >= 0.3 is 0 Å². The molecule has 98 valence electrons. The molecule has 0 saturated carbocycles. The fraction of sp³-hybridized carbons (Fsp3) is 0.308. The third-order valence-corrected chi connectivity index (χ3v) is 2.25. The third kappa shape index (κ3) is 5.05. The molecule has 1 rings (SSSR count). The number of carbonyl (C=O) groups is 1. The van der Waals surface area contributed by atoms with Crippen LogP contribution in [-0.4, -0.2) is 30.1 Å². The van der Waals surface area contributed by atoms with Crippen LogP contribution in [0, 0.1) is 6.92 Å². The molecule has 0 heterocycles. The number of halogens is 2. The fourth-order valence-electron chi connectivity index (χ4n) is 1.30. The maximum atomic E-state index is 12.0. The summed E-state index contributed by atoms with van der Waals surface area (Å²) in [6.45, 7) is 1.46. The number of hydrogen-bond donors (Lipinski definition) is 2. The molecule has 2 N–H and O–H groups in total. The maximum Gasteiger partial charge on any atom is 0.265 e. The number of amides is 1. The summed E-state index contributed by atoms with van der Waals surface area (Å²) in [6.07, 6.45) is -1.86. The van der Waals surface area contributed by atoms with Crippen molar-refractivity contribution in [3.63, 3.8) is 0 Å². The molecule has 0 aromatic heterocycles. The van der Waals surface area contributed by atoms with Crippen molar-refractivity contribution in [2.24, 2.45) is 0 Å². The van der Waals surface area contributed by atoms with Crippen molar-refractivity contribution in [3.05, 3.63) is 41.5 Å². The molecule has 0 spiro atoms. The molecule has 1 atom stereocenters. The van der Waals surface area contributed by atoms with Gasteiger partial charge in [0.15, 0.2) is 0 Å². The summed E-state index contributed by atoms with van der Waals surface area (Å²) >= 11 is 0. The molecule has 0 bridgehead atoms. The van der Waals surface area contributed by atoms with E-state index in [1.807, 2.05) is 31.2 Å². The highest BCUT2D eigenvalue weighted by Crippen LogP contribution is 2.05. The number of benzene rings is 1. The molecule has 0 aliphatic carbocycles. The number of aliphatic hydroxyl groups is 1. The minimum Gasteiger partial charge on any atom is -0.385 e. The predicted molar refractivity (Wildman–Crippen MR) is 65.2 cm³/mol. The van der Waals surface area contributed by atoms with Gasteiger partial charge in [-0.15, -0.1) is 0 Å². The van der Waals surface area contributed by atoms with Crippen molar-refractivity contribution in [2.75, 3.05) is 6.54 Å². The molecule has 3 nitrogen and oxygen atoms in total. The smallest absolute Gasteiger partial charge is 0.265 e. The van der Waals surface area contributed by atoms with Gasteiger partial charge in [-0.2, -0.15) is 0 Å². The van der Waals surface area contributed by atoms with Crippen LogP contribution in [0.3, 0.4) is 0 Å². The second-order valence-electron chi connectivity index (χ2n) is 3.89. The minimum absolute atomic E-state index is 0.464. The fourth-order valence-corrected chi connectivity index (χ4v) is 1.30. The van der Waals surface area contributed by atoms with Crippen LogP contribution in [0.5, 0.6) is 0 Å². The number of carbonyl (C=O) groups excluding carboxylic acids is 1. The van der Waals surface area contributed by atoms with Crippen LogP contribution < -0.4 is 5.32 Å². The number of hydrogen-bond acceptors (Lipinski definition) is 2. The Morgan fingerprint density at radius 1 is 1.50 bits per heavy atom. The van der Waals surface area contributed by atoms with Gasteiger partial charge in [0.05, 0.1) is 0 Å². The average molecular weight is 255 g/mol. The van der Waals surface area contributed by atoms with Crippen LogP contribution in [-0.2, 0) is 4.79 Å². The van der Waals surface area contributed by atoms with E-state index in [4.69, 9.17) is 5.11 Å². The summed E-state index contributed by atoms with van der Waals surface area (Å²) < 4.78 is 23.9. The van der Waals surface area contributed by atoms with Crippen LogP contribution in [0.15, 0.2) is 30.3 Å². The lowest BCUT2D eigenvalue weighted by Gasteiger charge is -2.08. The van der Waals surface area contributed by atoms with Crippen molar-refractivity contribution in [1.29, 1.82) is 0 Å². The average Bonchev–Trinajstić information content (AvgIpc) is 2.33. The molecule has 1 unspecified atom stereocenters. The van der Waals surface area contributed by atoms with Gasteiger partial charge < -0.3 is 10.4 Å². The Balaban J connectivity index is 2.45. The van der Waals surface area contributed by atoms with E-state index < -0.39 is 25.0 Å². The zero-order valence-electron chi connectivity index (χ0n) is 9.94. The molecule has 0 fully saturated rings. The quantitative estimate of drug-likeness (QED) is 0.787. The first-order chi connectivity index (χ1) is 8.49. The summed E-state index contributed by atoms with van der Waals surface area (Å²) in [7, 11) is 0. The van der Waals surface area contributed by atoms with Crippen molar-refractivity contribution in [2.45, 2.75) is 19.5 Å². The second-order valence-corrected chi connectivity index (χ2v) is 3.89. The van der Waals surface area contributed by atoms with E-state index in [1.54, 1.807) is 6.08 Å². The number of nitrogens with one attached hydrogen (secondary N) is 1. The van der Waals surface area contributed by atoms with Gasteiger partial charge in [-0.05, 0) is 18.6 Å². The first-order valence-electron chi connectivity index (χ1n) is 5.48. The zero-order valence-corrected chi connectivity index (χ0v) is 9.94. The monoisotopic (exact) mass is 255 g/mol. The molecule has 0 aliphatic rings. The summed E-state index contributed by atoms with van der Waals surface area (Å²) in [5.74, 6) is -0.517. The van der Waals surface area contributed by atoms with Gasteiger partial charge in [-0.1, -0.05) is 29.8 Å². The standard InChI is InChI=1S/C13H15F2NO2/c1-9-3-2-4-10(7-9)5-6-12(18)16-8-11(17)13(14)15/h2-7,11,13,17H,8H2,1H3,(H,16,18)/b6-5+. The first kappa shape index (κ1) is 14.3. The van der Waals surface area contributed by atoms with Crippen LogP contribution in [0.1, 0.15) is 11.1 Å². The maximum absolute atomic E-state index is 12.0. The lowest BCUT2D eigenvalue weighted by molar-refractivity contribution is -0.117. The van der Waals surface area contributed by atoms with Crippen molar-refractivity contribution < 1.29 is 18.7 Å². The van der Waals surface area contributed by atoms with E-state index in [2.05, 4.69) is 5.32 Å². The molecule has 0 saturated heterocycles. The van der Waals surface area contributed by atoms with Gasteiger partial charge in [0.2, 0.25) is 5.91 Å². The van der Waals surface area contributed by atoms with E-state index >= 15 is 0 Å². The minimum atomic E-state index is -2.86. The first-order valence-corrected chi connectivity index (χ1v) is 5.48. The molecule has 0 radical (unpaired) electrons. The largest absolute Gasteiger partial charge is 0.385 e. The van der Waals surface area contributed by atoms with Crippen molar-refractivity contribution in [3.8, 4) is 0 Å². The van der Waals surface area contributed by atoms with E-state index in [0.717, 1.165) is 11.1 Å². The number of alkyl halides is 2. The molecular formula is C13H15F2NO2. The molecule has 1 amide bonds. The molecule has 1 aromatic rings.